The average Bonchev–Trinajstić information content (AvgIpc) is 3.43. The van der Waals surface area contributed by atoms with Crippen LogP contribution in [-0.4, -0.2) is 37.2 Å². The zero-order chi connectivity index (χ0) is 24.0. The number of hydrogen-bond donors (Lipinski definition) is 1. The topological polar surface area (TPSA) is 85.9 Å². The zero-order valence-electron chi connectivity index (χ0n) is 19.1. The summed E-state index contributed by atoms with van der Waals surface area (Å²) in [5, 5.41) is 22.4. The molecule has 3 heterocycles. The van der Waals surface area contributed by atoms with Crippen LogP contribution in [0, 0.1) is 13.8 Å². The van der Waals surface area contributed by atoms with Gasteiger partial charge in [-0.15, -0.1) is 16.4 Å². The van der Waals surface area contributed by atoms with Crippen LogP contribution in [-0.2, 0) is 12.6 Å². The highest BCUT2D eigenvalue weighted by Gasteiger charge is 2.40. The van der Waals surface area contributed by atoms with Crippen LogP contribution in [0.15, 0.2) is 54.7 Å². The molecule has 0 saturated heterocycles. The summed E-state index contributed by atoms with van der Waals surface area (Å²) in [5.74, 6) is 0.441. The van der Waals surface area contributed by atoms with Gasteiger partial charge >= 0.3 is 0 Å². The molecule has 5 aromatic rings. The maximum absolute atomic E-state index is 12.3. The summed E-state index contributed by atoms with van der Waals surface area (Å²) in [4.78, 5) is 9.96. The molecular weight excluding hydrogens is 470 g/mol. The Labute approximate surface area is 205 Å². The molecule has 1 unspecified atom stereocenters. The van der Waals surface area contributed by atoms with E-state index in [4.69, 9.17) is 21.3 Å². The van der Waals surface area contributed by atoms with E-state index in [-0.39, 0.29) is 0 Å². The van der Waals surface area contributed by atoms with Crippen LogP contribution in [0.3, 0.4) is 0 Å². The van der Waals surface area contributed by atoms with Crippen molar-refractivity contribution in [1.29, 1.82) is 0 Å². The molecule has 0 fully saturated rings. The molecule has 0 radical (unpaired) electrons. The summed E-state index contributed by atoms with van der Waals surface area (Å²) in [6.45, 7) is 3.81. The summed E-state index contributed by atoms with van der Waals surface area (Å²) < 4.78 is 7.15. The normalized spacial score (nSPS) is 13.2. The van der Waals surface area contributed by atoms with E-state index in [1.807, 2.05) is 62.4 Å². The van der Waals surface area contributed by atoms with Crippen LogP contribution in [0.1, 0.15) is 26.8 Å². The molecule has 0 aliphatic rings. The van der Waals surface area contributed by atoms with Gasteiger partial charge in [0.25, 0.3) is 0 Å². The number of halogens is 1. The fourth-order valence-electron chi connectivity index (χ4n) is 4.31. The largest absolute Gasteiger partial charge is 0.480 e. The van der Waals surface area contributed by atoms with Crippen molar-refractivity contribution in [1.82, 2.24) is 25.0 Å². The number of fused-ring (bicyclic) bond motifs is 1. The molecule has 0 bridgehead atoms. The Morgan fingerprint density at radius 1 is 1.09 bits per heavy atom. The van der Waals surface area contributed by atoms with E-state index in [0.717, 1.165) is 16.3 Å². The number of rotatable bonds is 5. The molecule has 172 valence electrons. The molecule has 34 heavy (non-hydrogen) atoms. The van der Waals surface area contributed by atoms with Crippen LogP contribution >= 0.6 is 22.9 Å². The minimum absolute atomic E-state index is 0.441. The molecule has 0 spiro atoms. The van der Waals surface area contributed by atoms with Crippen LogP contribution in [0.25, 0.3) is 22.0 Å². The maximum atomic E-state index is 12.3. The Kier molecular flexibility index (Phi) is 5.59. The molecule has 0 amide bonds. The van der Waals surface area contributed by atoms with Crippen LogP contribution in [0.4, 0.5) is 0 Å². The molecular formula is C25H22ClN5O2S. The molecule has 2 aromatic carbocycles. The Morgan fingerprint density at radius 2 is 1.85 bits per heavy atom. The molecule has 1 atom stereocenters. The lowest BCUT2D eigenvalue weighted by molar-refractivity contribution is 0.119. The van der Waals surface area contributed by atoms with Gasteiger partial charge in [0.15, 0.2) is 5.60 Å². The van der Waals surface area contributed by atoms with Gasteiger partial charge in [0.1, 0.15) is 5.69 Å². The predicted molar refractivity (Wildman–Crippen MR) is 133 cm³/mol. The van der Waals surface area contributed by atoms with Crippen molar-refractivity contribution in [3.63, 3.8) is 0 Å². The van der Waals surface area contributed by atoms with Crippen molar-refractivity contribution < 1.29 is 9.84 Å². The van der Waals surface area contributed by atoms with Crippen LogP contribution in [0.5, 0.6) is 5.88 Å². The van der Waals surface area contributed by atoms with E-state index < -0.39 is 5.60 Å². The number of aliphatic hydroxyl groups is 1. The second-order valence-electron chi connectivity index (χ2n) is 8.01. The van der Waals surface area contributed by atoms with Crippen LogP contribution < -0.4 is 4.74 Å². The second-order valence-corrected chi connectivity index (χ2v) is 9.59. The fourth-order valence-corrected chi connectivity index (χ4v) is 5.69. The van der Waals surface area contributed by atoms with Crippen molar-refractivity contribution in [2.24, 2.45) is 7.05 Å². The summed E-state index contributed by atoms with van der Waals surface area (Å²) in [6, 6.07) is 15.3. The smallest absolute Gasteiger partial charge is 0.223 e. The highest BCUT2D eigenvalue weighted by molar-refractivity contribution is 7.11. The summed E-state index contributed by atoms with van der Waals surface area (Å²) in [6.07, 6.45) is 1.57. The molecule has 0 aliphatic heterocycles. The monoisotopic (exact) mass is 491 g/mol. The molecule has 3 aromatic heterocycles. The van der Waals surface area contributed by atoms with Gasteiger partial charge in [-0.2, -0.15) is 0 Å². The lowest BCUT2D eigenvalue weighted by Gasteiger charge is -2.28. The number of methoxy groups -OCH3 is 1. The highest BCUT2D eigenvalue weighted by Crippen LogP contribution is 2.44. The van der Waals surface area contributed by atoms with Gasteiger partial charge in [-0.05, 0) is 37.1 Å². The summed E-state index contributed by atoms with van der Waals surface area (Å²) in [5.41, 5.74) is 2.61. The molecule has 5 rings (SSSR count). The zero-order valence-corrected chi connectivity index (χ0v) is 20.6. The quantitative estimate of drug-likeness (QED) is 0.370. The number of nitrogens with zero attached hydrogens (tertiary/aromatic N) is 5. The van der Waals surface area contributed by atoms with E-state index >= 15 is 0 Å². The highest BCUT2D eigenvalue weighted by atomic mass is 35.5. The van der Waals surface area contributed by atoms with Gasteiger partial charge in [0, 0.05) is 12.4 Å². The van der Waals surface area contributed by atoms with Crippen LogP contribution in [0.2, 0.25) is 5.02 Å². The lowest BCUT2D eigenvalue weighted by atomic mass is 9.87. The minimum atomic E-state index is -1.53. The first kappa shape index (κ1) is 22.5. The van der Waals surface area contributed by atoms with Crippen molar-refractivity contribution in [3.8, 4) is 17.0 Å². The third kappa shape index (κ3) is 3.46. The van der Waals surface area contributed by atoms with Crippen molar-refractivity contribution in [2.45, 2.75) is 19.4 Å². The SMILES string of the molecule is COc1nc2ccc(C(O)(c3sc(C)nc3C)c3cnnn3C)cc2c(Cl)c1-c1ccccc1. The molecule has 9 heteroatoms. The lowest BCUT2D eigenvalue weighted by Crippen LogP contribution is -2.31. The fraction of sp³-hybridized carbons (Fsp3) is 0.200. The number of aromatic nitrogens is 5. The molecule has 7 nitrogen and oxygen atoms in total. The van der Waals surface area contributed by atoms with Gasteiger partial charge in [0.05, 0.1) is 45.0 Å². The van der Waals surface area contributed by atoms with E-state index in [9.17, 15) is 5.11 Å². The Bertz CT molecular complexity index is 1520. The number of ether oxygens (including phenoxy) is 1. The Balaban J connectivity index is 1.81. The standard InChI is InChI=1S/C25H22ClN5O2S/c1-14-23(34-15(2)28-14)25(32,20-13-27-30-31(20)3)17-10-11-19-18(12-17)22(26)21(24(29-19)33-4)16-8-6-5-7-9-16/h5-13,32H,1-4H3. The van der Waals surface area contributed by atoms with E-state index in [0.29, 0.717) is 43.5 Å². The third-order valence-corrected chi connectivity index (χ3v) is 7.45. The van der Waals surface area contributed by atoms with Gasteiger partial charge in [-0.3, -0.25) is 0 Å². The summed E-state index contributed by atoms with van der Waals surface area (Å²) >= 11 is 8.42. The minimum Gasteiger partial charge on any atom is -0.480 e. The number of thiazole rings is 1. The Morgan fingerprint density at radius 3 is 2.47 bits per heavy atom. The Hall–Kier alpha value is -3.33. The van der Waals surface area contributed by atoms with E-state index in [2.05, 4.69) is 15.3 Å². The average molecular weight is 492 g/mol. The first-order valence-electron chi connectivity index (χ1n) is 10.6. The van der Waals surface area contributed by atoms with Gasteiger partial charge in [0.2, 0.25) is 5.88 Å². The van der Waals surface area contributed by atoms with E-state index in [1.165, 1.54) is 11.3 Å². The third-order valence-electron chi connectivity index (χ3n) is 5.88. The van der Waals surface area contributed by atoms with Gasteiger partial charge < -0.3 is 9.84 Å². The second kappa shape index (κ2) is 8.47. The number of benzene rings is 2. The maximum Gasteiger partial charge on any atom is 0.223 e. The molecule has 0 saturated carbocycles. The van der Waals surface area contributed by atoms with Crippen molar-refractivity contribution in [2.75, 3.05) is 7.11 Å². The number of hydrogen-bond acceptors (Lipinski definition) is 7. The predicted octanol–water partition coefficient (Wildman–Crippen LogP) is 5.05. The summed E-state index contributed by atoms with van der Waals surface area (Å²) in [7, 11) is 3.33. The number of aryl methyl sites for hydroxylation is 3. The number of pyridine rings is 1. The molecule has 1 N–H and O–H groups in total. The van der Waals surface area contributed by atoms with Crippen molar-refractivity contribution in [3.05, 3.63) is 86.6 Å². The first-order chi connectivity index (χ1) is 16.3. The van der Waals surface area contributed by atoms with Gasteiger partial charge in [-0.1, -0.05) is 53.2 Å². The first-order valence-corrected chi connectivity index (χ1v) is 11.8. The van der Waals surface area contributed by atoms with E-state index in [1.54, 1.807) is 25.0 Å². The molecule has 0 aliphatic carbocycles. The van der Waals surface area contributed by atoms with Gasteiger partial charge in [-0.25, -0.2) is 14.6 Å². The van der Waals surface area contributed by atoms with Crippen molar-refractivity contribution >= 4 is 33.8 Å².